The maximum absolute atomic E-state index is 12.1. The van der Waals surface area contributed by atoms with Gasteiger partial charge in [0, 0.05) is 0 Å². The molecule has 2 aromatic heterocycles. The van der Waals surface area contributed by atoms with Crippen LogP contribution in [0.1, 0.15) is 33.3 Å². The molecule has 6 heteroatoms. The van der Waals surface area contributed by atoms with Gasteiger partial charge >= 0.3 is 5.97 Å². The van der Waals surface area contributed by atoms with Crippen molar-refractivity contribution in [2.24, 2.45) is 0 Å². The summed E-state index contributed by atoms with van der Waals surface area (Å²) in [6.07, 6.45) is 1.45. The second-order valence-electron chi connectivity index (χ2n) is 5.56. The first-order valence-corrected chi connectivity index (χ1v) is 8.48. The Labute approximate surface area is 144 Å². The van der Waals surface area contributed by atoms with E-state index in [1.54, 1.807) is 6.92 Å². The van der Waals surface area contributed by atoms with E-state index in [9.17, 15) is 4.79 Å². The van der Waals surface area contributed by atoms with Crippen molar-refractivity contribution in [3.8, 4) is 11.6 Å². The maximum Gasteiger partial charge on any atom is 0.348 e. The van der Waals surface area contributed by atoms with Crippen LogP contribution < -0.4 is 4.74 Å². The summed E-state index contributed by atoms with van der Waals surface area (Å²) in [6.45, 7) is 8.02. The summed E-state index contributed by atoms with van der Waals surface area (Å²) in [5.74, 6) is 0.834. The van der Waals surface area contributed by atoms with Crippen LogP contribution in [0.15, 0.2) is 24.5 Å². The number of rotatable bonds is 4. The zero-order valence-corrected chi connectivity index (χ0v) is 14.9. The molecule has 0 saturated heterocycles. The summed E-state index contributed by atoms with van der Waals surface area (Å²) in [6, 6.07) is 5.99. The van der Waals surface area contributed by atoms with Crippen molar-refractivity contribution in [3.63, 3.8) is 0 Å². The molecule has 0 bridgehead atoms. The molecule has 0 amide bonds. The molecule has 0 spiro atoms. The number of carbonyl (C=O) groups is 1. The van der Waals surface area contributed by atoms with Gasteiger partial charge in [-0.1, -0.05) is 6.07 Å². The molecule has 5 nitrogen and oxygen atoms in total. The fourth-order valence-electron chi connectivity index (χ4n) is 2.61. The van der Waals surface area contributed by atoms with E-state index < -0.39 is 0 Å². The minimum atomic E-state index is -0.338. The molecule has 0 aliphatic rings. The fraction of sp³-hybridized carbons (Fsp3) is 0.278. The van der Waals surface area contributed by atoms with Gasteiger partial charge in [-0.25, -0.2) is 14.8 Å². The Morgan fingerprint density at radius 3 is 2.50 bits per heavy atom. The van der Waals surface area contributed by atoms with Crippen LogP contribution in [-0.2, 0) is 4.74 Å². The number of thiophene rings is 1. The van der Waals surface area contributed by atoms with Crippen LogP contribution in [0.25, 0.3) is 10.2 Å². The minimum Gasteiger partial charge on any atom is -0.462 e. The molecule has 2 heterocycles. The van der Waals surface area contributed by atoms with Crippen LogP contribution in [-0.4, -0.2) is 22.5 Å². The number of carbonyl (C=O) groups excluding carboxylic acids is 1. The van der Waals surface area contributed by atoms with Gasteiger partial charge in [-0.05, 0) is 56.5 Å². The average molecular weight is 342 g/mol. The monoisotopic (exact) mass is 342 g/mol. The smallest absolute Gasteiger partial charge is 0.348 e. The molecule has 3 aromatic rings. The van der Waals surface area contributed by atoms with Gasteiger partial charge in [0.15, 0.2) is 0 Å². The van der Waals surface area contributed by atoms with Crippen LogP contribution in [0.5, 0.6) is 11.6 Å². The summed E-state index contributed by atoms with van der Waals surface area (Å²) < 4.78 is 11.1. The molecule has 0 radical (unpaired) electrons. The van der Waals surface area contributed by atoms with Gasteiger partial charge in [0.2, 0.25) is 5.88 Å². The SMILES string of the molecule is CCOC(=O)c1sc2ncnc(Oc3cc(C)cc(C)c3)c2c1C. The molecule has 3 rings (SSSR count). The van der Waals surface area contributed by atoms with E-state index in [4.69, 9.17) is 9.47 Å². The Morgan fingerprint density at radius 1 is 1.12 bits per heavy atom. The quantitative estimate of drug-likeness (QED) is 0.649. The third kappa shape index (κ3) is 3.10. The van der Waals surface area contributed by atoms with Crippen LogP contribution in [0.3, 0.4) is 0 Å². The van der Waals surface area contributed by atoms with Gasteiger partial charge in [-0.2, -0.15) is 0 Å². The number of esters is 1. The minimum absolute atomic E-state index is 0.337. The van der Waals surface area contributed by atoms with Crippen molar-refractivity contribution in [3.05, 3.63) is 46.1 Å². The Balaban J connectivity index is 2.07. The van der Waals surface area contributed by atoms with Crippen LogP contribution in [0, 0.1) is 20.8 Å². The van der Waals surface area contributed by atoms with Crippen molar-refractivity contribution in [1.29, 1.82) is 0 Å². The summed E-state index contributed by atoms with van der Waals surface area (Å²) in [7, 11) is 0. The molecule has 0 aliphatic carbocycles. The first-order chi connectivity index (χ1) is 11.5. The van der Waals surface area contributed by atoms with E-state index in [1.165, 1.54) is 17.7 Å². The Morgan fingerprint density at radius 2 is 1.83 bits per heavy atom. The molecule has 0 saturated carbocycles. The van der Waals surface area contributed by atoms with Gasteiger partial charge in [0.25, 0.3) is 0 Å². The molecule has 0 N–H and O–H groups in total. The molecule has 0 unspecified atom stereocenters. The highest BCUT2D eigenvalue weighted by Crippen LogP contribution is 2.36. The van der Waals surface area contributed by atoms with E-state index in [0.717, 1.165) is 27.8 Å². The van der Waals surface area contributed by atoms with Gasteiger partial charge < -0.3 is 9.47 Å². The molecule has 0 atom stereocenters. The fourth-order valence-corrected chi connectivity index (χ4v) is 3.64. The number of hydrogen-bond acceptors (Lipinski definition) is 6. The molecule has 124 valence electrons. The van der Waals surface area contributed by atoms with Crippen molar-refractivity contribution >= 4 is 27.5 Å². The second kappa shape index (κ2) is 6.57. The van der Waals surface area contributed by atoms with E-state index in [2.05, 4.69) is 16.0 Å². The summed E-state index contributed by atoms with van der Waals surface area (Å²) in [4.78, 5) is 21.9. The van der Waals surface area contributed by atoms with Crippen LogP contribution in [0.2, 0.25) is 0 Å². The van der Waals surface area contributed by atoms with Gasteiger partial charge in [-0.15, -0.1) is 11.3 Å². The van der Waals surface area contributed by atoms with Crippen molar-refractivity contribution in [2.75, 3.05) is 6.61 Å². The lowest BCUT2D eigenvalue weighted by atomic mass is 10.1. The lowest BCUT2D eigenvalue weighted by molar-refractivity contribution is 0.0531. The number of fused-ring (bicyclic) bond motifs is 1. The van der Waals surface area contributed by atoms with E-state index in [1.807, 2.05) is 32.9 Å². The topological polar surface area (TPSA) is 61.3 Å². The van der Waals surface area contributed by atoms with E-state index in [-0.39, 0.29) is 5.97 Å². The average Bonchev–Trinajstić information content (AvgIpc) is 2.85. The predicted octanol–water partition coefficient (Wildman–Crippen LogP) is 4.59. The first-order valence-electron chi connectivity index (χ1n) is 7.67. The van der Waals surface area contributed by atoms with Crippen LogP contribution in [0.4, 0.5) is 0 Å². The molecule has 0 aliphatic heterocycles. The molecule has 24 heavy (non-hydrogen) atoms. The number of ether oxygens (including phenoxy) is 2. The van der Waals surface area contributed by atoms with Gasteiger partial charge in [0.1, 0.15) is 21.8 Å². The van der Waals surface area contributed by atoms with Crippen LogP contribution >= 0.6 is 11.3 Å². The lowest BCUT2D eigenvalue weighted by Crippen LogP contribution is -2.03. The number of nitrogens with zero attached hydrogens (tertiary/aromatic N) is 2. The summed E-state index contributed by atoms with van der Waals surface area (Å²) in [5, 5.41) is 0.754. The highest BCUT2D eigenvalue weighted by molar-refractivity contribution is 7.20. The lowest BCUT2D eigenvalue weighted by Gasteiger charge is -2.08. The Bertz CT molecular complexity index is 898. The Hall–Kier alpha value is -2.47. The zero-order valence-electron chi connectivity index (χ0n) is 14.0. The summed E-state index contributed by atoms with van der Waals surface area (Å²) >= 11 is 1.30. The largest absolute Gasteiger partial charge is 0.462 e. The third-order valence-corrected chi connectivity index (χ3v) is 4.74. The van der Waals surface area contributed by atoms with E-state index in [0.29, 0.717) is 22.2 Å². The number of aromatic nitrogens is 2. The Kier molecular flexibility index (Phi) is 4.49. The predicted molar refractivity (Wildman–Crippen MR) is 94.1 cm³/mol. The number of aryl methyl sites for hydroxylation is 3. The molecule has 0 fully saturated rings. The zero-order chi connectivity index (χ0) is 17.3. The van der Waals surface area contributed by atoms with Crippen molar-refractivity contribution in [2.45, 2.75) is 27.7 Å². The first kappa shape index (κ1) is 16.4. The number of hydrogen-bond donors (Lipinski definition) is 0. The molecule has 1 aromatic carbocycles. The van der Waals surface area contributed by atoms with Gasteiger partial charge in [-0.3, -0.25) is 0 Å². The van der Waals surface area contributed by atoms with Crippen molar-refractivity contribution < 1.29 is 14.3 Å². The summed E-state index contributed by atoms with van der Waals surface area (Å²) in [5.41, 5.74) is 3.02. The normalized spacial score (nSPS) is 10.8. The molecular weight excluding hydrogens is 324 g/mol. The second-order valence-corrected chi connectivity index (χ2v) is 6.56. The highest BCUT2D eigenvalue weighted by atomic mass is 32.1. The highest BCUT2D eigenvalue weighted by Gasteiger charge is 2.21. The number of benzene rings is 1. The van der Waals surface area contributed by atoms with Crippen molar-refractivity contribution in [1.82, 2.24) is 9.97 Å². The van der Waals surface area contributed by atoms with Gasteiger partial charge in [0.05, 0.1) is 12.0 Å². The third-order valence-electron chi connectivity index (χ3n) is 3.56. The maximum atomic E-state index is 12.1. The van der Waals surface area contributed by atoms with E-state index >= 15 is 0 Å². The molecular formula is C18H18N2O3S. The standard InChI is InChI=1S/C18H18N2O3S/c1-5-22-18(21)15-12(4)14-16(19-9-20-17(14)24-15)23-13-7-10(2)6-11(3)8-13/h6-9H,5H2,1-4H3.